The Labute approximate surface area is 191 Å². The number of aliphatic hydroxyl groups excluding tert-OH is 1. The second-order valence-corrected chi connectivity index (χ2v) is 11.4. The molecule has 2 fully saturated rings. The number of thioether (sulfide) groups is 1. The largest absolute Gasteiger partial charge is 0.512 e. The Morgan fingerprint density at radius 1 is 1.32 bits per heavy atom. The molecule has 5 nitrogen and oxygen atoms in total. The standard InChI is InChI=1S/C25H37N3O2S/c1-5-30-22-9-10-26-13-21(22)24-27-12-20(31-24)16-28-14-18(23(29)17-7-6-8-17)11-19(15-28)25(2,3)4/h9-10,12-13,18-19,24,27,29H,5-8,11,14-16H2,1-4H3/t18-,19?,24?/m1/s1. The highest BCUT2D eigenvalue weighted by Gasteiger charge is 2.37. The predicted octanol–water partition coefficient (Wildman–Crippen LogP) is 5.64. The van der Waals surface area contributed by atoms with Crippen LogP contribution in [0.3, 0.4) is 0 Å². The van der Waals surface area contributed by atoms with E-state index in [4.69, 9.17) is 4.74 Å². The number of pyridine rings is 1. The van der Waals surface area contributed by atoms with Crippen LogP contribution >= 0.6 is 11.8 Å². The van der Waals surface area contributed by atoms with Crippen LogP contribution in [0.4, 0.5) is 0 Å². The summed E-state index contributed by atoms with van der Waals surface area (Å²) in [5.74, 6) is 2.45. The van der Waals surface area contributed by atoms with Crippen LogP contribution in [0.15, 0.2) is 40.9 Å². The highest BCUT2D eigenvalue weighted by Crippen LogP contribution is 2.43. The molecule has 0 aromatic carbocycles. The average Bonchev–Trinajstić information content (AvgIpc) is 3.14. The molecular weight excluding hydrogens is 406 g/mol. The fraction of sp³-hybridized carbons (Fsp3) is 0.640. The normalized spacial score (nSPS) is 26.8. The van der Waals surface area contributed by atoms with Gasteiger partial charge in [-0.3, -0.25) is 9.88 Å². The zero-order chi connectivity index (χ0) is 22.0. The summed E-state index contributed by atoms with van der Waals surface area (Å²) in [4.78, 5) is 8.19. The maximum atomic E-state index is 10.9. The number of rotatable bonds is 6. The van der Waals surface area contributed by atoms with Crippen molar-refractivity contribution in [1.29, 1.82) is 0 Å². The van der Waals surface area contributed by atoms with Crippen LogP contribution in [0.1, 0.15) is 64.3 Å². The zero-order valence-corrected chi connectivity index (χ0v) is 20.2. The SMILES string of the molecule is CCOc1ccncc1C1NC=C(CN2CC(C(C)(C)C)C[C@@H](C(O)=C3CCC3)C2)S1. The van der Waals surface area contributed by atoms with Gasteiger partial charge in [0.1, 0.15) is 11.1 Å². The maximum Gasteiger partial charge on any atom is 0.128 e. The number of aliphatic hydroxyl groups is 1. The smallest absolute Gasteiger partial charge is 0.128 e. The Morgan fingerprint density at radius 3 is 2.81 bits per heavy atom. The van der Waals surface area contributed by atoms with Crippen molar-refractivity contribution in [2.24, 2.45) is 17.3 Å². The van der Waals surface area contributed by atoms with E-state index < -0.39 is 0 Å². The molecule has 0 bridgehead atoms. The minimum atomic E-state index is 0.134. The van der Waals surface area contributed by atoms with Gasteiger partial charge in [0.05, 0.1) is 12.4 Å². The molecule has 1 saturated heterocycles. The van der Waals surface area contributed by atoms with Crippen molar-refractivity contribution in [1.82, 2.24) is 15.2 Å². The summed E-state index contributed by atoms with van der Waals surface area (Å²) >= 11 is 1.85. The third-order valence-electron chi connectivity index (χ3n) is 6.89. The molecule has 1 aromatic heterocycles. The summed E-state index contributed by atoms with van der Waals surface area (Å²) < 4.78 is 5.81. The zero-order valence-electron chi connectivity index (χ0n) is 19.4. The van der Waals surface area contributed by atoms with E-state index in [1.807, 2.05) is 30.9 Å². The highest BCUT2D eigenvalue weighted by atomic mass is 32.2. The first-order valence-corrected chi connectivity index (χ1v) is 12.5. The number of nitrogens with zero attached hydrogens (tertiary/aromatic N) is 2. The fourth-order valence-corrected chi connectivity index (χ4v) is 5.90. The minimum Gasteiger partial charge on any atom is -0.512 e. The first kappa shape index (κ1) is 22.5. The summed E-state index contributed by atoms with van der Waals surface area (Å²) in [6.07, 6.45) is 10.3. The lowest BCUT2D eigenvalue weighted by Crippen LogP contribution is -2.46. The number of hydrogen-bond donors (Lipinski definition) is 2. The van der Waals surface area contributed by atoms with Crippen LogP contribution in [0, 0.1) is 17.3 Å². The van der Waals surface area contributed by atoms with Crippen molar-refractivity contribution in [3.8, 4) is 5.75 Å². The lowest BCUT2D eigenvalue weighted by atomic mass is 9.72. The summed E-state index contributed by atoms with van der Waals surface area (Å²) in [6, 6.07) is 1.94. The van der Waals surface area contributed by atoms with Gasteiger partial charge in [-0.1, -0.05) is 32.5 Å². The van der Waals surface area contributed by atoms with Crippen molar-refractivity contribution >= 4 is 11.8 Å². The number of piperidine rings is 1. The Morgan fingerprint density at radius 2 is 2.13 bits per heavy atom. The Bertz CT molecular complexity index is 839. The van der Waals surface area contributed by atoms with Gasteiger partial charge in [0.15, 0.2) is 0 Å². The van der Waals surface area contributed by atoms with Gasteiger partial charge in [-0.05, 0) is 55.6 Å². The summed E-state index contributed by atoms with van der Waals surface area (Å²) in [6.45, 7) is 12.6. The van der Waals surface area contributed by atoms with Crippen molar-refractivity contribution in [3.05, 3.63) is 46.5 Å². The summed E-state index contributed by atoms with van der Waals surface area (Å²) in [5.41, 5.74) is 2.63. The van der Waals surface area contributed by atoms with Crippen molar-refractivity contribution in [3.63, 3.8) is 0 Å². The van der Waals surface area contributed by atoms with E-state index in [9.17, 15) is 5.11 Å². The first-order valence-electron chi connectivity index (χ1n) is 11.7. The van der Waals surface area contributed by atoms with Crippen LogP contribution in [-0.4, -0.2) is 41.2 Å². The number of aromatic nitrogens is 1. The molecule has 6 heteroatoms. The molecule has 3 atom stereocenters. The third-order valence-corrected chi connectivity index (χ3v) is 8.07. The quantitative estimate of drug-likeness (QED) is 0.555. The van der Waals surface area contributed by atoms with E-state index in [1.54, 1.807) is 6.20 Å². The first-order chi connectivity index (χ1) is 14.8. The van der Waals surface area contributed by atoms with E-state index >= 15 is 0 Å². The van der Waals surface area contributed by atoms with Gasteiger partial charge < -0.3 is 15.2 Å². The molecule has 1 aliphatic carbocycles. The number of likely N-dealkylation sites (tertiary alicyclic amines) is 1. The van der Waals surface area contributed by atoms with E-state index in [0.29, 0.717) is 18.3 Å². The van der Waals surface area contributed by atoms with Crippen LogP contribution < -0.4 is 10.1 Å². The highest BCUT2D eigenvalue weighted by molar-refractivity contribution is 8.03. The molecular formula is C25H37N3O2S. The Balaban J connectivity index is 1.43. The molecule has 1 saturated carbocycles. The molecule has 3 aliphatic rings. The molecule has 0 spiro atoms. The second kappa shape index (κ2) is 9.45. The molecule has 0 amide bonds. The second-order valence-electron chi connectivity index (χ2n) is 10.2. The van der Waals surface area contributed by atoms with E-state index in [2.05, 4.69) is 42.2 Å². The van der Waals surface area contributed by atoms with E-state index in [0.717, 1.165) is 50.2 Å². The van der Waals surface area contributed by atoms with Gasteiger partial charge in [-0.15, -0.1) is 0 Å². The van der Waals surface area contributed by atoms with Gasteiger partial charge in [0.2, 0.25) is 0 Å². The van der Waals surface area contributed by atoms with Crippen LogP contribution in [-0.2, 0) is 0 Å². The number of nitrogens with one attached hydrogen (secondary N) is 1. The van der Waals surface area contributed by atoms with Gasteiger partial charge in [-0.25, -0.2) is 0 Å². The molecule has 2 N–H and O–H groups in total. The lowest BCUT2D eigenvalue weighted by Gasteiger charge is -2.44. The predicted molar refractivity (Wildman–Crippen MR) is 128 cm³/mol. The molecule has 1 aromatic rings. The van der Waals surface area contributed by atoms with E-state index in [1.165, 1.54) is 16.9 Å². The maximum absolute atomic E-state index is 10.9. The Hall–Kier alpha value is -1.66. The van der Waals surface area contributed by atoms with Gasteiger partial charge >= 0.3 is 0 Å². The molecule has 170 valence electrons. The molecule has 0 radical (unpaired) electrons. The molecule has 2 unspecified atom stereocenters. The average molecular weight is 444 g/mol. The number of hydrogen-bond acceptors (Lipinski definition) is 6. The van der Waals surface area contributed by atoms with Crippen LogP contribution in [0.2, 0.25) is 0 Å². The summed E-state index contributed by atoms with van der Waals surface area (Å²) in [7, 11) is 0. The van der Waals surface area contributed by atoms with Crippen molar-refractivity contribution in [2.75, 3.05) is 26.2 Å². The molecule has 31 heavy (non-hydrogen) atoms. The van der Waals surface area contributed by atoms with Gasteiger partial charge in [-0.2, -0.15) is 0 Å². The van der Waals surface area contributed by atoms with E-state index in [-0.39, 0.29) is 16.7 Å². The molecule has 3 heterocycles. The van der Waals surface area contributed by atoms with Crippen LogP contribution in [0.5, 0.6) is 5.75 Å². The van der Waals surface area contributed by atoms with Gasteiger partial charge in [0.25, 0.3) is 0 Å². The number of allylic oxidation sites excluding steroid dienone is 1. The molecule has 4 rings (SSSR count). The van der Waals surface area contributed by atoms with Gasteiger partial charge in [0, 0.05) is 54.6 Å². The van der Waals surface area contributed by atoms with Crippen LogP contribution in [0.25, 0.3) is 0 Å². The topological polar surface area (TPSA) is 57.6 Å². The Kier molecular flexibility index (Phi) is 6.87. The van der Waals surface area contributed by atoms with Crippen molar-refractivity contribution < 1.29 is 9.84 Å². The monoisotopic (exact) mass is 443 g/mol. The number of ether oxygens (including phenoxy) is 1. The van der Waals surface area contributed by atoms with Crippen molar-refractivity contribution in [2.45, 2.75) is 58.8 Å². The lowest BCUT2D eigenvalue weighted by molar-refractivity contribution is 0.0649. The third kappa shape index (κ3) is 5.23. The molecule has 2 aliphatic heterocycles. The summed E-state index contributed by atoms with van der Waals surface area (Å²) in [5, 5.41) is 14.6. The minimum absolute atomic E-state index is 0.134. The fourth-order valence-electron chi connectivity index (χ4n) is 4.77.